The summed E-state index contributed by atoms with van der Waals surface area (Å²) in [5, 5.41) is 9.46. The van der Waals surface area contributed by atoms with Crippen molar-refractivity contribution in [3.8, 4) is 0 Å². The van der Waals surface area contributed by atoms with Crippen LogP contribution in [0, 0.1) is 0 Å². The summed E-state index contributed by atoms with van der Waals surface area (Å²) < 4.78 is 0. The predicted octanol–water partition coefficient (Wildman–Crippen LogP) is -0.497. The third-order valence-corrected chi connectivity index (χ3v) is 3.85. The molecule has 90 valence electrons. The van der Waals surface area contributed by atoms with Crippen molar-refractivity contribution in [3.63, 3.8) is 0 Å². The molecule has 5 nitrogen and oxygen atoms in total. The zero-order chi connectivity index (χ0) is 11.5. The number of carbonyl (C=O) groups is 2. The lowest BCUT2D eigenvalue weighted by atomic mass is 10.1. The molecule has 0 aromatic heterocycles. The van der Waals surface area contributed by atoms with Crippen molar-refractivity contribution in [3.05, 3.63) is 0 Å². The van der Waals surface area contributed by atoms with Crippen LogP contribution in [-0.4, -0.2) is 64.1 Å². The number of carbonyl (C=O) groups excluding carboxylic acids is 2. The molecule has 2 rings (SSSR count). The summed E-state index contributed by atoms with van der Waals surface area (Å²) in [6.45, 7) is 1.28. The molecule has 0 aliphatic carbocycles. The topological polar surface area (TPSA) is 60.9 Å². The molecule has 0 saturated carbocycles. The van der Waals surface area contributed by atoms with Gasteiger partial charge in [0.15, 0.2) is 0 Å². The molecule has 2 heterocycles. The molecule has 1 N–H and O–H groups in total. The quantitative estimate of drug-likeness (QED) is 0.711. The van der Waals surface area contributed by atoms with Crippen molar-refractivity contribution in [2.75, 3.05) is 31.3 Å². The number of hydrogen-bond acceptors (Lipinski definition) is 4. The Morgan fingerprint density at radius 3 is 3.00 bits per heavy atom. The number of aliphatic hydroxyl groups excluding tert-OH is 1. The minimum atomic E-state index is -0.402. The number of β-amino-alcohol motifs (C(OH)–C–C–N with tert-alkyl or cyclic N) is 1. The minimum Gasteiger partial charge on any atom is -0.391 e. The number of piperidine rings is 1. The van der Waals surface area contributed by atoms with Gasteiger partial charge in [-0.1, -0.05) is 0 Å². The number of likely N-dealkylation sites (tertiary alicyclic amines) is 1. The molecule has 2 fully saturated rings. The maximum Gasteiger partial charge on any atom is 0.242 e. The van der Waals surface area contributed by atoms with Gasteiger partial charge in [-0.15, -0.1) is 11.8 Å². The second-order valence-electron chi connectivity index (χ2n) is 4.21. The van der Waals surface area contributed by atoms with Gasteiger partial charge in [0.2, 0.25) is 11.8 Å². The van der Waals surface area contributed by atoms with Crippen LogP contribution in [0.2, 0.25) is 0 Å². The Morgan fingerprint density at radius 1 is 1.56 bits per heavy atom. The van der Waals surface area contributed by atoms with Crippen molar-refractivity contribution in [2.45, 2.75) is 18.9 Å². The van der Waals surface area contributed by atoms with Crippen LogP contribution in [0.25, 0.3) is 0 Å². The van der Waals surface area contributed by atoms with Gasteiger partial charge in [0, 0.05) is 13.1 Å². The van der Waals surface area contributed by atoms with Crippen LogP contribution in [0.5, 0.6) is 0 Å². The number of nitrogens with zero attached hydrogens (tertiary/aromatic N) is 2. The van der Waals surface area contributed by atoms with Gasteiger partial charge in [-0.25, -0.2) is 0 Å². The Balaban J connectivity index is 1.85. The lowest BCUT2D eigenvalue weighted by Gasteiger charge is -2.31. The van der Waals surface area contributed by atoms with Gasteiger partial charge in [-0.3, -0.25) is 9.59 Å². The van der Waals surface area contributed by atoms with Gasteiger partial charge in [0.1, 0.15) is 6.54 Å². The smallest absolute Gasteiger partial charge is 0.242 e. The highest BCUT2D eigenvalue weighted by Gasteiger charge is 2.27. The van der Waals surface area contributed by atoms with E-state index in [1.54, 1.807) is 9.80 Å². The average Bonchev–Trinajstić information content (AvgIpc) is 2.64. The molecule has 16 heavy (non-hydrogen) atoms. The first-order chi connectivity index (χ1) is 7.66. The van der Waals surface area contributed by atoms with E-state index >= 15 is 0 Å². The second kappa shape index (κ2) is 5.05. The Morgan fingerprint density at radius 2 is 2.38 bits per heavy atom. The third-order valence-electron chi connectivity index (χ3n) is 2.90. The van der Waals surface area contributed by atoms with E-state index in [4.69, 9.17) is 0 Å². The molecule has 2 saturated heterocycles. The van der Waals surface area contributed by atoms with Crippen LogP contribution in [0.1, 0.15) is 12.8 Å². The maximum absolute atomic E-state index is 11.9. The van der Waals surface area contributed by atoms with Crippen LogP contribution in [0.15, 0.2) is 0 Å². The summed E-state index contributed by atoms with van der Waals surface area (Å²) in [4.78, 5) is 26.4. The van der Waals surface area contributed by atoms with Crippen molar-refractivity contribution < 1.29 is 14.7 Å². The standard InChI is InChI=1S/C10H16N2O3S/c13-8-2-1-3-11(4-8)9(14)5-12-7-16-6-10(12)15/h8,13H,1-7H2/t8-/m0/s1. The highest BCUT2D eigenvalue weighted by Crippen LogP contribution is 2.16. The van der Waals surface area contributed by atoms with E-state index in [1.165, 1.54) is 11.8 Å². The van der Waals surface area contributed by atoms with Crippen LogP contribution in [-0.2, 0) is 9.59 Å². The maximum atomic E-state index is 11.9. The predicted molar refractivity (Wildman–Crippen MR) is 60.9 cm³/mol. The van der Waals surface area contributed by atoms with E-state index in [1.807, 2.05) is 0 Å². The third kappa shape index (κ3) is 2.68. The summed E-state index contributed by atoms with van der Waals surface area (Å²) in [6.07, 6.45) is 1.21. The minimum absolute atomic E-state index is 0.0379. The van der Waals surface area contributed by atoms with Gasteiger partial charge < -0.3 is 14.9 Å². The summed E-state index contributed by atoms with van der Waals surface area (Å²) in [5.41, 5.74) is 0. The van der Waals surface area contributed by atoms with Crippen LogP contribution >= 0.6 is 11.8 Å². The molecule has 2 amide bonds. The lowest BCUT2D eigenvalue weighted by molar-refractivity contribution is -0.140. The molecule has 0 aromatic rings. The second-order valence-corrected chi connectivity index (χ2v) is 5.16. The fourth-order valence-electron chi connectivity index (χ4n) is 1.98. The van der Waals surface area contributed by atoms with Crippen LogP contribution < -0.4 is 0 Å². The lowest BCUT2D eigenvalue weighted by Crippen LogP contribution is -2.46. The van der Waals surface area contributed by atoms with Gasteiger partial charge >= 0.3 is 0 Å². The fourth-order valence-corrected chi connectivity index (χ4v) is 2.89. The summed E-state index contributed by atoms with van der Waals surface area (Å²) in [6, 6.07) is 0. The van der Waals surface area contributed by atoms with E-state index in [9.17, 15) is 14.7 Å². The Labute approximate surface area is 98.8 Å². The SMILES string of the molecule is O=C1CSCN1CC(=O)N1CCC[C@H](O)C1. The van der Waals surface area contributed by atoms with Gasteiger partial charge in [-0.05, 0) is 12.8 Å². The fraction of sp³-hybridized carbons (Fsp3) is 0.800. The zero-order valence-electron chi connectivity index (χ0n) is 9.09. The largest absolute Gasteiger partial charge is 0.391 e. The molecule has 1 atom stereocenters. The highest BCUT2D eigenvalue weighted by molar-refractivity contribution is 8.00. The monoisotopic (exact) mass is 244 g/mol. The summed E-state index contributed by atoms with van der Waals surface area (Å²) in [7, 11) is 0. The molecule has 2 aliphatic rings. The van der Waals surface area contributed by atoms with Crippen molar-refractivity contribution in [1.82, 2.24) is 9.80 Å². The summed E-state index contributed by atoms with van der Waals surface area (Å²) >= 11 is 1.54. The van der Waals surface area contributed by atoms with E-state index in [2.05, 4.69) is 0 Å². The molecule has 0 bridgehead atoms. The number of hydrogen-bond donors (Lipinski definition) is 1. The van der Waals surface area contributed by atoms with Crippen molar-refractivity contribution in [1.29, 1.82) is 0 Å². The number of rotatable bonds is 2. The van der Waals surface area contributed by atoms with Crippen LogP contribution in [0.3, 0.4) is 0 Å². The summed E-state index contributed by atoms with van der Waals surface area (Å²) in [5.74, 6) is 1.09. The van der Waals surface area contributed by atoms with Gasteiger partial charge in [-0.2, -0.15) is 0 Å². The molecular formula is C10H16N2O3S. The van der Waals surface area contributed by atoms with Gasteiger partial charge in [0.05, 0.1) is 17.7 Å². The van der Waals surface area contributed by atoms with E-state index in [0.29, 0.717) is 24.7 Å². The van der Waals surface area contributed by atoms with Crippen molar-refractivity contribution in [2.24, 2.45) is 0 Å². The first-order valence-electron chi connectivity index (χ1n) is 5.48. The zero-order valence-corrected chi connectivity index (χ0v) is 9.91. The Hall–Kier alpha value is -0.750. The Bertz CT molecular complexity index is 298. The highest BCUT2D eigenvalue weighted by atomic mass is 32.2. The number of aliphatic hydroxyl groups is 1. The van der Waals surface area contributed by atoms with E-state index in [0.717, 1.165) is 12.8 Å². The molecule has 0 unspecified atom stereocenters. The average molecular weight is 244 g/mol. The van der Waals surface area contributed by atoms with E-state index < -0.39 is 6.10 Å². The first kappa shape index (κ1) is 11.7. The molecule has 0 spiro atoms. The van der Waals surface area contributed by atoms with Crippen LogP contribution in [0.4, 0.5) is 0 Å². The number of amides is 2. The molecule has 0 aromatic carbocycles. The molecular weight excluding hydrogens is 228 g/mol. The van der Waals surface area contributed by atoms with Crippen molar-refractivity contribution >= 4 is 23.6 Å². The normalized spacial score (nSPS) is 26.3. The first-order valence-corrected chi connectivity index (χ1v) is 6.63. The Kier molecular flexibility index (Phi) is 3.70. The molecule has 6 heteroatoms. The number of thioether (sulfide) groups is 1. The van der Waals surface area contributed by atoms with Gasteiger partial charge in [0.25, 0.3) is 0 Å². The molecule has 2 aliphatic heterocycles. The van der Waals surface area contributed by atoms with E-state index in [-0.39, 0.29) is 18.4 Å². The molecule has 0 radical (unpaired) electrons.